The van der Waals surface area contributed by atoms with Crippen LogP contribution in [0.15, 0.2) is 43.8 Å². The van der Waals surface area contributed by atoms with Crippen LogP contribution >= 0.6 is 11.8 Å². The predicted octanol–water partition coefficient (Wildman–Crippen LogP) is 1.42. The fourth-order valence-corrected chi connectivity index (χ4v) is 2.70. The van der Waals surface area contributed by atoms with E-state index in [2.05, 4.69) is 0 Å². The van der Waals surface area contributed by atoms with Gasteiger partial charge in [-0.05, 0) is 19.1 Å². The summed E-state index contributed by atoms with van der Waals surface area (Å²) in [6.07, 6.45) is 0. The lowest BCUT2D eigenvalue weighted by Gasteiger charge is -2.11. The van der Waals surface area contributed by atoms with Crippen LogP contribution in [0.4, 0.5) is 0 Å². The van der Waals surface area contributed by atoms with Gasteiger partial charge in [0, 0.05) is 19.0 Å². The van der Waals surface area contributed by atoms with E-state index in [1.807, 2.05) is 37.3 Å². The number of rotatable bonds is 2. The number of aromatic nitrogens is 2. The van der Waals surface area contributed by atoms with Gasteiger partial charge in [-0.15, -0.1) is 0 Å². The third-order valence-electron chi connectivity index (χ3n) is 2.96. The number of hydrogen-bond acceptors (Lipinski definition) is 4. The Bertz CT molecular complexity index is 811. The van der Waals surface area contributed by atoms with Gasteiger partial charge in [-0.25, -0.2) is 4.79 Å². The molecule has 102 valence electrons. The highest BCUT2D eigenvalue weighted by Crippen LogP contribution is 2.27. The van der Waals surface area contributed by atoms with Gasteiger partial charge in [-0.1, -0.05) is 29.5 Å². The lowest BCUT2D eigenvalue weighted by molar-refractivity contribution is 0.631. The van der Waals surface area contributed by atoms with Crippen molar-refractivity contribution in [1.29, 1.82) is 5.26 Å². The second-order valence-electron chi connectivity index (χ2n) is 4.41. The molecule has 0 spiro atoms. The Kier molecular flexibility index (Phi) is 3.81. The molecule has 2 aromatic rings. The molecule has 1 heterocycles. The van der Waals surface area contributed by atoms with Gasteiger partial charge in [-0.3, -0.25) is 13.9 Å². The van der Waals surface area contributed by atoms with Crippen LogP contribution in [0.2, 0.25) is 0 Å². The van der Waals surface area contributed by atoms with Crippen LogP contribution < -0.4 is 11.2 Å². The Morgan fingerprint density at radius 1 is 1.10 bits per heavy atom. The average molecular weight is 287 g/mol. The van der Waals surface area contributed by atoms with E-state index in [1.165, 1.54) is 23.4 Å². The molecule has 0 saturated heterocycles. The third kappa shape index (κ3) is 2.40. The van der Waals surface area contributed by atoms with Crippen molar-refractivity contribution < 1.29 is 0 Å². The number of benzene rings is 1. The Hall–Kier alpha value is -2.26. The van der Waals surface area contributed by atoms with E-state index in [4.69, 9.17) is 5.26 Å². The zero-order valence-electron chi connectivity index (χ0n) is 11.4. The van der Waals surface area contributed by atoms with Crippen molar-refractivity contribution in [3.8, 4) is 6.07 Å². The van der Waals surface area contributed by atoms with E-state index < -0.39 is 11.2 Å². The number of nitriles is 1. The molecule has 2 rings (SSSR count). The molecule has 6 heteroatoms. The molecular formula is C14H13N3O2S. The maximum Gasteiger partial charge on any atom is 0.331 e. The van der Waals surface area contributed by atoms with Gasteiger partial charge < -0.3 is 0 Å². The van der Waals surface area contributed by atoms with Crippen LogP contribution in [-0.4, -0.2) is 9.13 Å². The summed E-state index contributed by atoms with van der Waals surface area (Å²) in [5.41, 5.74) is 0.0988. The molecule has 0 saturated carbocycles. The van der Waals surface area contributed by atoms with Crippen molar-refractivity contribution in [1.82, 2.24) is 9.13 Å². The van der Waals surface area contributed by atoms with Crippen LogP contribution in [-0.2, 0) is 14.1 Å². The third-order valence-corrected chi connectivity index (χ3v) is 4.14. The normalized spacial score (nSPS) is 10.3. The maximum atomic E-state index is 12.0. The molecule has 5 nitrogen and oxygen atoms in total. The van der Waals surface area contributed by atoms with Crippen molar-refractivity contribution in [2.24, 2.45) is 14.1 Å². The average Bonchev–Trinajstić information content (AvgIpc) is 2.45. The van der Waals surface area contributed by atoms with Crippen molar-refractivity contribution in [2.75, 3.05) is 0 Å². The zero-order chi connectivity index (χ0) is 14.9. The molecule has 0 N–H and O–H groups in total. The topological polar surface area (TPSA) is 67.8 Å². The number of aryl methyl sites for hydroxylation is 1. The summed E-state index contributed by atoms with van der Waals surface area (Å²) >= 11 is 1.24. The fourth-order valence-electron chi connectivity index (χ4n) is 1.76. The molecular weight excluding hydrogens is 274 g/mol. The van der Waals surface area contributed by atoms with Crippen molar-refractivity contribution >= 4 is 11.8 Å². The van der Waals surface area contributed by atoms with Gasteiger partial charge >= 0.3 is 5.69 Å². The van der Waals surface area contributed by atoms with Crippen molar-refractivity contribution in [3.63, 3.8) is 0 Å². The smallest absolute Gasteiger partial charge is 0.290 e. The summed E-state index contributed by atoms with van der Waals surface area (Å²) in [5.74, 6) is 0. The second kappa shape index (κ2) is 5.39. The highest BCUT2D eigenvalue weighted by Gasteiger charge is 2.16. The predicted molar refractivity (Wildman–Crippen MR) is 76.9 cm³/mol. The second-order valence-corrected chi connectivity index (χ2v) is 5.48. The molecule has 0 aliphatic heterocycles. The van der Waals surface area contributed by atoms with Gasteiger partial charge in [-0.2, -0.15) is 5.26 Å². The summed E-state index contributed by atoms with van der Waals surface area (Å²) < 4.78 is 2.27. The van der Waals surface area contributed by atoms with Crippen molar-refractivity contribution in [2.45, 2.75) is 16.8 Å². The minimum absolute atomic E-state index is 0.0137. The van der Waals surface area contributed by atoms with E-state index >= 15 is 0 Å². The number of nitrogens with zero attached hydrogens (tertiary/aromatic N) is 3. The largest absolute Gasteiger partial charge is 0.331 e. The van der Waals surface area contributed by atoms with E-state index in [-0.39, 0.29) is 5.56 Å². The van der Waals surface area contributed by atoms with Gasteiger partial charge in [0.25, 0.3) is 5.56 Å². The van der Waals surface area contributed by atoms with E-state index in [0.717, 1.165) is 15.0 Å². The molecule has 0 unspecified atom stereocenters. The zero-order valence-corrected chi connectivity index (χ0v) is 12.2. The highest BCUT2D eigenvalue weighted by molar-refractivity contribution is 7.99. The van der Waals surface area contributed by atoms with E-state index in [9.17, 15) is 9.59 Å². The molecule has 0 aliphatic rings. The first-order valence-electron chi connectivity index (χ1n) is 5.90. The lowest BCUT2D eigenvalue weighted by Crippen LogP contribution is -2.39. The van der Waals surface area contributed by atoms with E-state index in [0.29, 0.717) is 5.03 Å². The Labute approximate surface area is 120 Å². The monoisotopic (exact) mass is 287 g/mol. The lowest BCUT2D eigenvalue weighted by atomic mass is 10.2. The van der Waals surface area contributed by atoms with Crippen LogP contribution in [0.5, 0.6) is 0 Å². The van der Waals surface area contributed by atoms with Gasteiger partial charge in [0.05, 0.1) is 0 Å². The van der Waals surface area contributed by atoms with Gasteiger partial charge in [0.1, 0.15) is 16.7 Å². The summed E-state index contributed by atoms with van der Waals surface area (Å²) in [5, 5.41) is 9.53. The Morgan fingerprint density at radius 3 is 2.25 bits per heavy atom. The molecule has 1 aromatic carbocycles. The molecule has 0 amide bonds. The van der Waals surface area contributed by atoms with Crippen molar-refractivity contribution in [3.05, 3.63) is 56.2 Å². The summed E-state index contributed by atoms with van der Waals surface area (Å²) in [6.45, 7) is 1.98. The first-order chi connectivity index (χ1) is 9.45. The summed E-state index contributed by atoms with van der Waals surface area (Å²) in [4.78, 5) is 24.7. The highest BCUT2D eigenvalue weighted by atomic mass is 32.2. The molecule has 0 atom stereocenters. The summed E-state index contributed by atoms with van der Waals surface area (Å²) in [6, 6.07) is 9.55. The minimum atomic E-state index is -0.565. The Balaban J connectivity index is 2.63. The van der Waals surface area contributed by atoms with Gasteiger partial charge in [0.2, 0.25) is 0 Å². The fraction of sp³-hybridized carbons (Fsp3) is 0.214. The molecule has 0 aliphatic carbocycles. The van der Waals surface area contributed by atoms with Crippen LogP contribution in [0.1, 0.15) is 11.1 Å². The quantitative estimate of drug-likeness (QED) is 0.783. The van der Waals surface area contributed by atoms with Crippen LogP contribution in [0.25, 0.3) is 0 Å². The standard InChI is InChI=1S/C14H13N3O2S/c1-9-4-6-10(7-5-9)20-13-11(8-15)12(18)16(2)14(19)17(13)3/h4-7H,1-3H3. The SMILES string of the molecule is Cc1ccc(Sc2c(C#N)c(=O)n(C)c(=O)n2C)cc1. The molecule has 1 aromatic heterocycles. The summed E-state index contributed by atoms with van der Waals surface area (Å²) in [7, 11) is 2.92. The first kappa shape index (κ1) is 14.2. The maximum absolute atomic E-state index is 12.0. The van der Waals surface area contributed by atoms with Crippen LogP contribution in [0.3, 0.4) is 0 Å². The minimum Gasteiger partial charge on any atom is -0.290 e. The first-order valence-corrected chi connectivity index (χ1v) is 6.72. The molecule has 0 fully saturated rings. The molecule has 0 bridgehead atoms. The Morgan fingerprint density at radius 2 is 1.70 bits per heavy atom. The van der Waals surface area contributed by atoms with E-state index in [1.54, 1.807) is 7.05 Å². The molecule has 20 heavy (non-hydrogen) atoms. The molecule has 0 radical (unpaired) electrons. The van der Waals surface area contributed by atoms with Crippen LogP contribution in [0, 0.1) is 18.3 Å². The van der Waals surface area contributed by atoms with Gasteiger partial charge in [0.15, 0.2) is 0 Å². The number of hydrogen-bond donors (Lipinski definition) is 0.